The zero-order chi connectivity index (χ0) is 18.0. The summed E-state index contributed by atoms with van der Waals surface area (Å²) >= 11 is 0. The minimum atomic E-state index is -3.90. The van der Waals surface area contributed by atoms with Crippen LogP contribution >= 0.6 is 0 Å². The number of rotatable bonds is 6. The molecule has 130 valence electrons. The Kier molecular flexibility index (Phi) is 4.51. The van der Waals surface area contributed by atoms with Crippen molar-refractivity contribution in [3.8, 4) is 16.9 Å². The van der Waals surface area contributed by atoms with Gasteiger partial charge in [0.2, 0.25) is 10.0 Å². The molecule has 0 radical (unpaired) electrons. The molecule has 0 bridgehead atoms. The van der Waals surface area contributed by atoms with Gasteiger partial charge in [-0.3, -0.25) is 4.98 Å². The molecule has 0 aliphatic rings. The second-order valence-electron chi connectivity index (χ2n) is 5.41. The molecular formula is C16H17N5O3S. The van der Waals surface area contributed by atoms with E-state index in [1.54, 1.807) is 37.8 Å². The van der Waals surface area contributed by atoms with Gasteiger partial charge in [-0.05, 0) is 19.4 Å². The summed E-state index contributed by atoms with van der Waals surface area (Å²) < 4.78 is 30.4. The zero-order valence-electron chi connectivity index (χ0n) is 13.6. The number of pyridine rings is 1. The van der Waals surface area contributed by atoms with Crippen molar-refractivity contribution in [1.82, 2.24) is 19.6 Å². The number of aryl methyl sites for hydroxylation is 1. The van der Waals surface area contributed by atoms with Gasteiger partial charge in [0.05, 0.1) is 18.5 Å². The number of ether oxygens (including phenoxy) is 1. The summed E-state index contributed by atoms with van der Waals surface area (Å²) in [7, 11) is -3.90. The largest absolute Gasteiger partial charge is 0.492 e. The predicted molar refractivity (Wildman–Crippen MR) is 92.6 cm³/mol. The molecule has 8 nitrogen and oxygen atoms in total. The molecule has 0 amide bonds. The van der Waals surface area contributed by atoms with Gasteiger partial charge >= 0.3 is 0 Å². The lowest BCUT2D eigenvalue weighted by molar-refractivity contribution is 0.324. The van der Waals surface area contributed by atoms with E-state index in [9.17, 15) is 8.42 Å². The monoisotopic (exact) mass is 359 g/mol. The third-order valence-corrected chi connectivity index (χ3v) is 4.56. The second kappa shape index (κ2) is 6.61. The van der Waals surface area contributed by atoms with Crippen LogP contribution in [0.3, 0.4) is 0 Å². The number of hydrogen-bond acceptors (Lipinski definition) is 6. The molecule has 25 heavy (non-hydrogen) atoms. The molecule has 3 aromatic rings. The van der Waals surface area contributed by atoms with Crippen LogP contribution in [0.25, 0.3) is 16.8 Å². The van der Waals surface area contributed by atoms with Crippen molar-refractivity contribution in [2.75, 3.05) is 6.61 Å². The normalized spacial score (nSPS) is 11.6. The third kappa shape index (κ3) is 3.52. The molecule has 0 saturated carbocycles. The van der Waals surface area contributed by atoms with Gasteiger partial charge in [0.1, 0.15) is 10.6 Å². The lowest BCUT2D eigenvalue weighted by Crippen LogP contribution is -2.13. The number of primary sulfonamides is 1. The molecule has 0 aliphatic heterocycles. The average Bonchev–Trinajstić information content (AvgIpc) is 2.90. The average molecular weight is 359 g/mol. The molecular weight excluding hydrogens is 342 g/mol. The first-order chi connectivity index (χ1) is 11.9. The fourth-order valence-electron chi connectivity index (χ4n) is 2.42. The van der Waals surface area contributed by atoms with E-state index in [1.807, 2.05) is 6.07 Å². The second-order valence-corrected chi connectivity index (χ2v) is 6.90. The highest BCUT2D eigenvalue weighted by Crippen LogP contribution is 2.24. The highest BCUT2D eigenvalue weighted by molar-refractivity contribution is 7.89. The summed E-state index contributed by atoms with van der Waals surface area (Å²) in [5.74, 6) is 0.626. The number of aromatic nitrogens is 4. The molecule has 3 heterocycles. The number of hydrogen-bond donors (Lipinski definition) is 1. The van der Waals surface area contributed by atoms with E-state index in [4.69, 9.17) is 9.88 Å². The van der Waals surface area contributed by atoms with Crippen LogP contribution < -0.4 is 9.88 Å². The van der Waals surface area contributed by atoms with Crippen molar-refractivity contribution in [1.29, 1.82) is 0 Å². The SMILES string of the molecule is C=CCCOc1cncc(-c2cnc3c(S(N)(=O)=O)c(C)nn3c2)c1. The standard InChI is InChI=1S/C16H17N5O3S/c1-3-4-5-24-14-6-12(7-18-9-14)13-8-19-16-15(25(17,22)23)11(2)20-21(16)10-13/h3,6-10H,1,4-5H2,2H3,(H2,17,22,23). The summed E-state index contributed by atoms with van der Waals surface area (Å²) in [5, 5.41) is 9.42. The molecule has 0 aromatic carbocycles. The quantitative estimate of drug-likeness (QED) is 0.529. The molecule has 0 fully saturated rings. The number of nitrogens with zero attached hydrogens (tertiary/aromatic N) is 4. The Morgan fingerprint density at radius 1 is 1.32 bits per heavy atom. The first kappa shape index (κ1) is 17.1. The van der Waals surface area contributed by atoms with Crippen molar-refractivity contribution < 1.29 is 13.2 Å². The summed E-state index contributed by atoms with van der Waals surface area (Å²) in [6, 6.07) is 1.83. The topological polar surface area (TPSA) is 112 Å². The summed E-state index contributed by atoms with van der Waals surface area (Å²) in [4.78, 5) is 8.30. The Hall–Kier alpha value is -2.78. The highest BCUT2D eigenvalue weighted by atomic mass is 32.2. The van der Waals surface area contributed by atoms with Crippen LogP contribution in [0.1, 0.15) is 12.1 Å². The highest BCUT2D eigenvalue weighted by Gasteiger charge is 2.21. The molecule has 3 aromatic heterocycles. The minimum absolute atomic E-state index is 0.0707. The van der Waals surface area contributed by atoms with Crippen molar-refractivity contribution in [3.63, 3.8) is 0 Å². The van der Waals surface area contributed by atoms with Gasteiger partial charge in [-0.25, -0.2) is 23.1 Å². The fourth-order valence-corrected chi connectivity index (χ4v) is 3.28. The summed E-state index contributed by atoms with van der Waals surface area (Å²) in [6.45, 7) is 5.74. The molecule has 0 saturated heterocycles. The van der Waals surface area contributed by atoms with Crippen LogP contribution in [0.15, 0.2) is 48.4 Å². The Morgan fingerprint density at radius 2 is 2.12 bits per heavy atom. The van der Waals surface area contributed by atoms with Gasteiger partial charge in [-0.1, -0.05) is 6.08 Å². The molecule has 0 atom stereocenters. The molecule has 3 rings (SSSR count). The Balaban J connectivity index is 2.00. The number of nitrogens with two attached hydrogens (primary N) is 1. The lowest BCUT2D eigenvalue weighted by Gasteiger charge is -2.07. The van der Waals surface area contributed by atoms with E-state index in [1.165, 1.54) is 4.52 Å². The van der Waals surface area contributed by atoms with E-state index >= 15 is 0 Å². The fraction of sp³-hybridized carbons (Fsp3) is 0.188. The third-order valence-electron chi connectivity index (χ3n) is 3.52. The van der Waals surface area contributed by atoms with Crippen molar-refractivity contribution in [2.24, 2.45) is 5.14 Å². The summed E-state index contributed by atoms with van der Waals surface area (Å²) in [6.07, 6.45) is 9.03. The van der Waals surface area contributed by atoms with E-state index in [-0.39, 0.29) is 10.5 Å². The van der Waals surface area contributed by atoms with Crippen molar-refractivity contribution in [3.05, 3.63) is 49.2 Å². The zero-order valence-corrected chi connectivity index (χ0v) is 14.4. The maximum absolute atomic E-state index is 11.7. The minimum Gasteiger partial charge on any atom is -0.492 e. The molecule has 2 N–H and O–H groups in total. The van der Waals surface area contributed by atoms with Crippen LogP contribution in [0.5, 0.6) is 5.75 Å². The smallest absolute Gasteiger partial charge is 0.243 e. The Morgan fingerprint density at radius 3 is 2.84 bits per heavy atom. The van der Waals surface area contributed by atoms with E-state index in [0.29, 0.717) is 18.1 Å². The first-order valence-corrected chi connectivity index (χ1v) is 9.01. The van der Waals surface area contributed by atoms with Gasteiger partial charge in [-0.15, -0.1) is 6.58 Å². The molecule has 9 heteroatoms. The number of fused-ring (bicyclic) bond motifs is 1. The lowest BCUT2D eigenvalue weighted by atomic mass is 10.1. The van der Waals surface area contributed by atoms with Gasteiger partial charge in [0.25, 0.3) is 0 Å². The maximum Gasteiger partial charge on any atom is 0.243 e. The van der Waals surface area contributed by atoms with Gasteiger partial charge in [-0.2, -0.15) is 5.10 Å². The predicted octanol–water partition coefficient (Wildman–Crippen LogP) is 1.70. The first-order valence-electron chi connectivity index (χ1n) is 7.47. The van der Waals surface area contributed by atoms with Crippen molar-refractivity contribution >= 4 is 15.7 Å². The number of sulfonamides is 1. The van der Waals surface area contributed by atoms with Gasteiger partial charge < -0.3 is 4.74 Å². The van der Waals surface area contributed by atoms with Crippen LogP contribution in [-0.2, 0) is 10.0 Å². The van der Waals surface area contributed by atoms with E-state index in [2.05, 4.69) is 21.6 Å². The molecule has 0 aliphatic carbocycles. The molecule has 0 unspecified atom stereocenters. The van der Waals surface area contributed by atoms with E-state index in [0.717, 1.165) is 17.5 Å². The Labute approximate surface area is 145 Å². The van der Waals surface area contributed by atoms with Crippen LogP contribution in [-0.4, -0.2) is 34.6 Å². The Bertz CT molecular complexity index is 1040. The van der Waals surface area contributed by atoms with Gasteiger partial charge in [0.15, 0.2) is 5.65 Å². The van der Waals surface area contributed by atoms with Crippen LogP contribution in [0.4, 0.5) is 0 Å². The van der Waals surface area contributed by atoms with Crippen LogP contribution in [0, 0.1) is 6.92 Å². The van der Waals surface area contributed by atoms with E-state index < -0.39 is 10.0 Å². The molecule has 0 spiro atoms. The summed E-state index contributed by atoms with van der Waals surface area (Å²) in [5.41, 5.74) is 1.98. The van der Waals surface area contributed by atoms with Gasteiger partial charge in [0, 0.05) is 29.7 Å². The van der Waals surface area contributed by atoms with Crippen molar-refractivity contribution in [2.45, 2.75) is 18.2 Å². The maximum atomic E-state index is 11.7. The van der Waals surface area contributed by atoms with Crippen LogP contribution in [0.2, 0.25) is 0 Å².